The minimum absolute atomic E-state index is 0.383. The van der Waals surface area contributed by atoms with E-state index in [1.165, 1.54) is 20.7 Å². The van der Waals surface area contributed by atoms with Crippen LogP contribution in [-0.2, 0) is 9.13 Å². The van der Waals surface area contributed by atoms with Crippen molar-refractivity contribution in [2.45, 2.75) is 0 Å². The summed E-state index contributed by atoms with van der Waals surface area (Å²) < 4.78 is 33.6. The minimum atomic E-state index is -3.41. The highest BCUT2D eigenvalue weighted by Gasteiger charge is 2.63. The zero-order valence-corrected chi connectivity index (χ0v) is 40.0. The van der Waals surface area contributed by atoms with Gasteiger partial charge in [-0.15, -0.1) is 0 Å². The quantitative estimate of drug-likeness (QED) is 0.101. The average Bonchev–Trinajstić information content (AvgIpc) is 4.05. The maximum Gasteiger partial charge on any atom is 0.377 e. The van der Waals surface area contributed by atoms with E-state index in [9.17, 15) is 0 Å². The third-order valence-electron chi connectivity index (χ3n) is 16.3. The van der Waals surface area contributed by atoms with Crippen molar-refractivity contribution in [3.8, 4) is 44.5 Å². The molecule has 6 heterocycles. The molecule has 0 spiro atoms. The van der Waals surface area contributed by atoms with Gasteiger partial charge in [0.2, 0.25) is 0 Å². The molecule has 0 amide bonds. The van der Waals surface area contributed by atoms with E-state index in [2.05, 4.69) is 240 Å². The molecule has 9 heteroatoms. The van der Waals surface area contributed by atoms with Crippen LogP contribution in [0.3, 0.4) is 0 Å². The Morgan fingerprint density at radius 2 is 0.652 bits per heavy atom. The molecule has 69 heavy (non-hydrogen) atoms. The van der Waals surface area contributed by atoms with Gasteiger partial charge >= 0.3 is 13.1 Å². The lowest BCUT2D eigenvalue weighted by atomic mass is 9.69. The zero-order valence-electron chi connectivity index (χ0n) is 37.2. The molecule has 0 saturated heterocycles. The third-order valence-corrected chi connectivity index (χ3v) is 27.9. The van der Waals surface area contributed by atoms with E-state index in [1.54, 1.807) is 0 Å². The smallest absolute Gasteiger partial charge is 0.373 e. The van der Waals surface area contributed by atoms with Gasteiger partial charge in [0.05, 0.1) is 0 Å². The predicted molar refractivity (Wildman–Crippen MR) is 293 cm³/mol. The van der Waals surface area contributed by atoms with Gasteiger partial charge in [-0.25, -0.2) is 0 Å². The Bertz CT molecular complexity index is 3790. The zero-order chi connectivity index (χ0) is 45.4. The van der Waals surface area contributed by atoms with Gasteiger partial charge in [-0.3, -0.25) is 0 Å². The summed E-state index contributed by atoms with van der Waals surface area (Å²) in [4.78, 5) is 4.90. The van der Waals surface area contributed by atoms with Crippen molar-refractivity contribution in [2.75, 3.05) is 9.62 Å². The average molecular weight is 931 g/mol. The van der Waals surface area contributed by atoms with E-state index in [0.717, 1.165) is 99.4 Å². The van der Waals surface area contributed by atoms with Crippen LogP contribution in [0.15, 0.2) is 231 Å². The van der Waals surface area contributed by atoms with Gasteiger partial charge < -0.3 is 18.8 Å². The van der Waals surface area contributed by atoms with E-state index in [4.69, 9.17) is 0 Å². The van der Waals surface area contributed by atoms with Crippen molar-refractivity contribution >= 4 is 111 Å². The summed E-state index contributed by atoms with van der Waals surface area (Å²) >= 11 is 0. The molecule has 0 aromatic heterocycles. The van der Waals surface area contributed by atoms with Gasteiger partial charge in [-0.2, -0.15) is 0 Å². The van der Waals surface area contributed by atoms with Crippen LogP contribution in [0.2, 0.25) is 0 Å². The summed E-state index contributed by atoms with van der Waals surface area (Å²) in [5.74, 6) is 0. The maximum absolute atomic E-state index is 16.8. The third kappa shape index (κ3) is 4.52. The molecule has 0 saturated carbocycles. The fourth-order valence-corrected chi connectivity index (χ4v) is 26.3. The molecule has 6 aliphatic heterocycles. The van der Waals surface area contributed by atoms with E-state index < -0.39 is 22.1 Å². The number of rotatable bonds is 4. The monoisotopic (exact) mass is 930 g/mol. The Labute approximate surface area is 402 Å². The van der Waals surface area contributed by atoms with E-state index in [1.807, 2.05) is 0 Å². The van der Waals surface area contributed by atoms with E-state index in [0.29, 0.717) is 0 Å². The Hall–Kier alpha value is -7.39. The standard InChI is InChI=1S/C60H38B2N2O2P2Si/c65-67-57-33-17-11-27-47(57)49-35-41(37-55(59(49)67)63-53-31-15-9-25-45(53)43-23-7-13-29-51(43)61(63)67)69(39-19-3-1-4-20-39,40-21-5-2-6-22-40)42-36-50-48-28-12-18-34-58(48)68(66)60(50)56(38-42)64-54-32-16-10-26-46(54)44-24-8-14-30-52(44)62(64)68/h1-38H. The van der Waals surface area contributed by atoms with Gasteiger partial charge in [0.25, 0.3) is 0 Å². The van der Waals surface area contributed by atoms with Crippen molar-refractivity contribution in [1.82, 2.24) is 0 Å². The molecule has 4 nitrogen and oxygen atoms in total. The van der Waals surface area contributed by atoms with Crippen LogP contribution in [0.4, 0.5) is 22.7 Å². The SMILES string of the molecule is O=P12B3c4ccccc4-c4ccccc4N3c3cc([Si](c4ccccc4)(c4ccccc4)c4cc5c6c(c4)N4B(c7ccccc7-c7ccccc74)P6(=O)c4ccccc4-5)cc(c31)-c1ccccc12. The number of hydrogen-bond acceptors (Lipinski definition) is 4. The van der Waals surface area contributed by atoms with Crippen LogP contribution < -0.4 is 62.5 Å². The van der Waals surface area contributed by atoms with Gasteiger partial charge in [0.15, 0.2) is 8.07 Å². The molecule has 10 aromatic carbocycles. The first kappa shape index (κ1) is 38.6. The van der Waals surface area contributed by atoms with Crippen molar-refractivity contribution in [2.24, 2.45) is 0 Å². The second-order valence-corrected chi connectivity index (χ2v) is 28.6. The molecule has 6 aliphatic rings. The fourth-order valence-electron chi connectivity index (χ4n) is 13.8. The number of nitrogens with zero attached hydrogens (tertiary/aromatic N) is 2. The molecule has 2 unspecified atom stereocenters. The second-order valence-electron chi connectivity index (χ2n) is 19.3. The van der Waals surface area contributed by atoms with Crippen molar-refractivity contribution < 1.29 is 9.13 Å². The Morgan fingerprint density at radius 3 is 1.09 bits per heavy atom. The van der Waals surface area contributed by atoms with Gasteiger partial charge in [-0.1, -0.05) is 206 Å². The maximum atomic E-state index is 16.8. The molecule has 10 aromatic rings. The lowest BCUT2D eigenvalue weighted by Crippen LogP contribution is -2.75. The van der Waals surface area contributed by atoms with Crippen LogP contribution in [0.1, 0.15) is 0 Å². The fraction of sp³-hybridized carbons (Fsp3) is 0. The summed E-state index contributed by atoms with van der Waals surface area (Å²) in [6.07, 6.45) is 0. The molecule has 0 bridgehead atoms. The van der Waals surface area contributed by atoms with Gasteiger partial charge in [0, 0.05) is 55.1 Å². The molecule has 0 aliphatic carbocycles. The van der Waals surface area contributed by atoms with E-state index >= 15 is 9.13 Å². The molecule has 320 valence electrons. The minimum Gasteiger partial charge on any atom is -0.373 e. The summed E-state index contributed by atoms with van der Waals surface area (Å²) in [7, 11) is -9.96. The Balaban J connectivity index is 1.06. The second kappa shape index (κ2) is 13.4. The topological polar surface area (TPSA) is 40.6 Å². The van der Waals surface area contributed by atoms with Crippen LogP contribution in [0.25, 0.3) is 44.5 Å². The largest absolute Gasteiger partial charge is 0.377 e. The highest BCUT2D eigenvalue weighted by molar-refractivity contribution is 8.10. The molecule has 0 fully saturated rings. The molecular formula is C60H38B2N2O2P2Si. The highest BCUT2D eigenvalue weighted by Crippen LogP contribution is 2.67. The van der Waals surface area contributed by atoms with Gasteiger partial charge in [0.1, 0.15) is 14.0 Å². The summed E-state index contributed by atoms with van der Waals surface area (Å²) in [5.41, 5.74) is 15.3. The summed E-state index contributed by atoms with van der Waals surface area (Å²) in [5, 5.41) is 8.77. The van der Waals surface area contributed by atoms with Crippen LogP contribution in [-0.4, -0.2) is 21.2 Å². The first-order chi connectivity index (χ1) is 34.0. The number of fused-ring (bicyclic) bond motifs is 22. The Morgan fingerprint density at radius 1 is 0.304 bits per heavy atom. The highest BCUT2D eigenvalue weighted by atomic mass is 31.2. The molecule has 0 radical (unpaired) electrons. The number of hydrogen-bond donors (Lipinski definition) is 0. The number of benzene rings is 10. The van der Waals surface area contributed by atoms with Crippen LogP contribution >= 0.6 is 14.0 Å². The summed E-state index contributed by atoms with van der Waals surface area (Å²) in [6, 6.07) is 83.8. The lowest BCUT2D eigenvalue weighted by molar-refractivity contribution is 0.594. The number of para-hydroxylation sites is 2. The summed E-state index contributed by atoms with van der Waals surface area (Å²) in [6.45, 7) is -0.766. The molecule has 0 N–H and O–H groups in total. The van der Waals surface area contributed by atoms with Crippen molar-refractivity contribution in [3.63, 3.8) is 0 Å². The molecule has 16 rings (SSSR count). The van der Waals surface area contributed by atoms with Crippen LogP contribution in [0.5, 0.6) is 0 Å². The van der Waals surface area contributed by atoms with Gasteiger partial charge in [-0.05, 0) is 89.3 Å². The van der Waals surface area contributed by atoms with Crippen molar-refractivity contribution in [3.05, 3.63) is 231 Å². The van der Waals surface area contributed by atoms with Crippen LogP contribution in [0, 0.1) is 0 Å². The molecular weight excluding hydrogens is 892 g/mol. The van der Waals surface area contributed by atoms with E-state index in [-0.39, 0.29) is 13.1 Å². The predicted octanol–water partition coefficient (Wildman–Crippen LogP) is 8.71. The van der Waals surface area contributed by atoms with Crippen molar-refractivity contribution in [1.29, 1.82) is 0 Å². The first-order valence-electron chi connectivity index (χ1n) is 23.9. The first-order valence-corrected chi connectivity index (χ1v) is 29.4. The number of anilines is 4. The lowest BCUT2D eigenvalue weighted by Gasteiger charge is -2.39. The normalized spacial score (nSPS) is 18.6. The molecule has 2 atom stereocenters. The Kier molecular flexibility index (Phi) is 7.51.